The number of esters is 1. The third-order valence-corrected chi connectivity index (χ3v) is 6.49. The first kappa shape index (κ1) is 14.9. The molecule has 5 nitrogen and oxygen atoms in total. The summed E-state index contributed by atoms with van der Waals surface area (Å²) in [4.78, 5) is 39.8. The zero-order chi connectivity index (χ0) is 17.3. The van der Waals surface area contributed by atoms with Gasteiger partial charge in [-0.1, -0.05) is 24.3 Å². The van der Waals surface area contributed by atoms with E-state index in [9.17, 15) is 14.4 Å². The van der Waals surface area contributed by atoms with Crippen LogP contribution < -0.4 is 4.90 Å². The van der Waals surface area contributed by atoms with Crippen molar-refractivity contribution in [1.82, 2.24) is 0 Å². The molecule has 1 heterocycles. The first-order valence-corrected chi connectivity index (χ1v) is 8.92. The summed E-state index contributed by atoms with van der Waals surface area (Å²) < 4.78 is 5.09. The minimum absolute atomic E-state index is 0.158. The quantitative estimate of drug-likeness (QED) is 0.483. The number of hydrogen-bond donors (Lipinski definition) is 0. The smallest absolute Gasteiger partial charge is 0.340 e. The highest BCUT2D eigenvalue weighted by molar-refractivity contribution is 6.24. The average Bonchev–Trinajstić information content (AvgIpc) is 3.20. The van der Waals surface area contributed by atoms with E-state index in [1.807, 2.05) is 0 Å². The molecule has 0 radical (unpaired) electrons. The lowest BCUT2D eigenvalue weighted by Gasteiger charge is -2.23. The predicted octanol–water partition coefficient (Wildman–Crippen LogP) is 2.56. The van der Waals surface area contributed by atoms with E-state index in [0.29, 0.717) is 5.69 Å². The van der Waals surface area contributed by atoms with E-state index in [1.165, 1.54) is 4.90 Å². The summed E-state index contributed by atoms with van der Waals surface area (Å²) >= 11 is 0. The molecule has 0 N–H and O–H groups in total. The van der Waals surface area contributed by atoms with Crippen LogP contribution in [0.3, 0.4) is 0 Å². The molecule has 5 heteroatoms. The highest BCUT2D eigenvalue weighted by atomic mass is 16.5. The van der Waals surface area contributed by atoms with Gasteiger partial charge in [0.2, 0.25) is 11.8 Å². The molecule has 4 atom stereocenters. The maximum atomic E-state index is 13.2. The first-order valence-electron chi connectivity index (χ1n) is 8.92. The number of anilines is 1. The van der Waals surface area contributed by atoms with Crippen LogP contribution in [0.2, 0.25) is 0 Å². The lowest BCUT2D eigenvalue weighted by atomic mass is 9.85. The van der Waals surface area contributed by atoms with Crippen LogP contribution in [0.1, 0.15) is 30.1 Å². The number of carbonyl (C=O) groups excluding carboxylic acids is 3. The maximum absolute atomic E-state index is 13.2. The van der Waals surface area contributed by atoms with Crippen LogP contribution in [0.4, 0.5) is 5.69 Å². The predicted molar refractivity (Wildman–Crippen MR) is 89.7 cm³/mol. The molecule has 1 aliphatic heterocycles. The molecule has 1 aromatic rings. The van der Waals surface area contributed by atoms with E-state index in [1.54, 1.807) is 31.2 Å². The van der Waals surface area contributed by atoms with Gasteiger partial charge in [-0.25, -0.2) is 9.69 Å². The third-order valence-electron chi connectivity index (χ3n) is 6.49. The second-order valence-corrected chi connectivity index (χ2v) is 7.47. The van der Waals surface area contributed by atoms with Gasteiger partial charge in [0, 0.05) is 0 Å². The maximum Gasteiger partial charge on any atom is 0.340 e. The summed E-state index contributed by atoms with van der Waals surface area (Å²) in [5, 5.41) is 0. The van der Waals surface area contributed by atoms with E-state index in [2.05, 4.69) is 12.2 Å². The molecule has 4 aliphatic rings. The van der Waals surface area contributed by atoms with Crippen molar-refractivity contribution in [3.63, 3.8) is 0 Å². The standard InChI is InChI=1S/C20H19NO4/c1-2-25-19(24)11-5-3-4-6-14(11)21-17(22)15-12-7-8-13(16(15)18(21)23)20(12)9-10-20/h3-8,12-13,15-16H,2,9-10H2,1H3/t12-,13+,15-,16-/m1/s1. The molecule has 3 aliphatic carbocycles. The molecule has 2 bridgehead atoms. The molecule has 25 heavy (non-hydrogen) atoms. The fourth-order valence-electron chi connectivity index (χ4n) is 5.37. The van der Waals surface area contributed by atoms with Gasteiger partial charge < -0.3 is 4.74 Å². The van der Waals surface area contributed by atoms with Crippen LogP contribution in [0.5, 0.6) is 0 Å². The van der Waals surface area contributed by atoms with Crippen LogP contribution in [-0.2, 0) is 14.3 Å². The number of amides is 2. The third kappa shape index (κ3) is 1.71. The fourth-order valence-corrected chi connectivity index (χ4v) is 5.37. The molecule has 2 saturated carbocycles. The number of hydrogen-bond acceptors (Lipinski definition) is 4. The average molecular weight is 337 g/mol. The Balaban J connectivity index is 1.55. The Kier molecular flexibility index (Phi) is 2.86. The number of carbonyl (C=O) groups is 3. The van der Waals surface area contributed by atoms with Gasteiger partial charge in [0.25, 0.3) is 0 Å². The monoisotopic (exact) mass is 337 g/mol. The minimum Gasteiger partial charge on any atom is -0.462 e. The minimum atomic E-state index is -0.504. The Labute approximate surface area is 145 Å². The van der Waals surface area contributed by atoms with Gasteiger partial charge in [-0.3, -0.25) is 9.59 Å². The lowest BCUT2D eigenvalue weighted by Crippen LogP contribution is -2.35. The van der Waals surface area contributed by atoms with Crippen molar-refractivity contribution in [3.8, 4) is 0 Å². The summed E-state index contributed by atoms with van der Waals surface area (Å²) in [6.07, 6.45) is 6.51. The van der Waals surface area contributed by atoms with Crippen LogP contribution in [-0.4, -0.2) is 24.4 Å². The van der Waals surface area contributed by atoms with E-state index in [-0.39, 0.29) is 53.1 Å². The molecule has 3 fully saturated rings. The highest BCUT2D eigenvalue weighted by Gasteiger charge is 2.73. The number of benzene rings is 1. The Bertz CT molecular complexity index is 804. The van der Waals surface area contributed by atoms with Crippen molar-refractivity contribution in [3.05, 3.63) is 42.0 Å². The van der Waals surface area contributed by atoms with Crippen LogP contribution in [0.15, 0.2) is 36.4 Å². The normalized spacial score (nSPS) is 33.2. The number of rotatable bonds is 3. The first-order chi connectivity index (χ1) is 12.1. The zero-order valence-electron chi connectivity index (χ0n) is 14.0. The topological polar surface area (TPSA) is 63.7 Å². The van der Waals surface area contributed by atoms with Crippen molar-refractivity contribution in [2.45, 2.75) is 19.8 Å². The summed E-state index contributed by atoms with van der Waals surface area (Å²) in [6, 6.07) is 6.72. The van der Waals surface area contributed by atoms with Crippen LogP contribution >= 0.6 is 0 Å². The van der Waals surface area contributed by atoms with E-state index in [4.69, 9.17) is 4.74 Å². The van der Waals surface area contributed by atoms with Crippen molar-refractivity contribution in [2.75, 3.05) is 11.5 Å². The van der Waals surface area contributed by atoms with Crippen LogP contribution in [0, 0.1) is 29.1 Å². The van der Waals surface area contributed by atoms with Crippen molar-refractivity contribution < 1.29 is 19.1 Å². The highest BCUT2D eigenvalue weighted by Crippen LogP contribution is 2.73. The largest absolute Gasteiger partial charge is 0.462 e. The molecule has 5 rings (SSSR count). The second-order valence-electron chi connectivity index (χ2n) is 7.47. The van der Waals surface area contributed by atoms with E-state index in [0.717, 1.165) is 12.8 Å². The Hall–Kier alpha value is -2.43. The Morgan fingerprint density at radius 1 is 1.12 bits per heavy atom. The number of ether oxygens (including phenoxy) is 1. The molecule has 1 saturated heterocycles. The number of fused-ring (bicyclic) bond motifs is 3. The van der Waals surface area contributed by atoms with Gasteiger partial charge in [0.1, 0.15) is 0 Å². The summed E-state index contributed by atoms with van der Waals surface area (Å²) in [5.41, 5.74) is 0.801. The molecular formula is C20H19NO4. The van der Waals surface area contributed by atoms with Gasteiger partial charge in [-0.2, -0.15) is 0 Å². The number of nitrogens with zero attached hydrogens (tertiary/aromatic N) is 1. The van der Waals surface area contributed by atoms with Crippen molar-refractivity contribution >= 4 is 23.5 Å². The Morgan fingerprint density at radius 2 is 1.72 bits per heavy atom. The number of para-hydroxylation sites is 1. The molecular weight excluding hydrogens is 318 g/mol. The SMILES string of the molecule is CCOC(=O)c1ccccc1N1C(=O)[C@H]2[C@H](C1=O)[C@@H]1C=C[C@H]2C12CC2. The van der Waals surface area contributed by atoms with Gasteiger partial charge >= 0.3 is 5.97 Å². The molecule has 0 aromatic heterocycles. The van der Waals surface area contributed by atoms with E-state index < -0.39 is 5.97 Å². The molecule has 0 unspecified atom stereocenters. The van der Waals surface area contributed by atoms with Gasteiger partial charge in [0.05, 0.1) is 29.7 Å². The van der Waals surface area contributed by atoms with Crippen LogP contribution in [0.25, 0.3) is 0 Å². The van der Waals surface area contributed by atoms with Gasteiger partial charge in [-0.15, -0.1) is 0 Å². The summed E-state index contributed by atoms with van der Waals surface area (Å²) in [6.45, 7) is 1.98. The number of imide groups is 1. The Morgan fingerprint density at radius 3 is 2.28 bits per heavy atom. The zero-order valence-corrected chi connectivity index (χ0v) is 14.0. The molecule has 1 aromatic carbocycles. The second kappa shape index (κ2) is 4.81. The van der Waals surface area contributed by atoms with Gasteiger partial charge in [-0.05, 0) is 49.1 Å². The molecule has 2 amide bonds. The van der Waals surface area contributed by atoms with E-state index >= 15 is 0 Å². The summed E-state index contributed by atoms with van der Waals surface area (Å²) in [7, 11) is 0. The number of allylic oxidation sites excluding steroid dienone is 2. The lowest BCUT2D eigenvalue weighted by molar-refractivity contribution is -0.123. The molecule has 128 valence electrons. The molecule has 1 spiro atoms. The summed E-state index contributed by atoms with van der Waals surface area (Å²) in [5.74, 6) is -0.988. The fraction of sp³-hybridized carbons (Fsp3) is 0.450. The van der Waals surface area contributed by atoms with Gasteiger partial charge in [0.15, 0.2) is 0 Å². The van der Waals surface area contributed by atoms with Crippen molar-refractivity contribution in [2.24, 2.45) is 29.1 Å². The van der Waals surface area contributed by atoms with Crippen molar-refractivity contribution in [1.29, 1.82) is 0 Å².